The van der Waals surface area contributed by atoms with Gasteiger partial charge in [-0.05, 0) is 44.1 Å². The molecular formula is C16H25NO3. The lowest BCUT2D eigenvalue weighted by Gasteiger charge is -2.28. The Hall–Kier alpha value is -1.55. The summed E-state index contributed by atoms with van der Waals surface area (Å²) >= 11 is 0. The molecule has 1 atom stereocenters. The summed E-state index contributed by atoms with van der Waals surface area (Å²) < 4.78 is 5.42. The van der Waals surface area contributed by atoms with Crippen molar-refractivity contribution in [3.8, 4) is 5.75 Å². The quantitative estimate of drug-likeness (QED) is 0.755. The first-order valence-corrected chi connectivity index (χ1v) is 7.28. The normalized spacial score (nSPS) is 12.4. The van der Waals surface area contributed by atoms with Gasteiger partial charge in [-0.1, -0.05) is 26.0 Å². The van der Waals surface area contributed by atoms with Gasteiger partial charge in [-0.3, -0.25) is 4.79 Å². The predicted molar refractivity (Wildman–Crippen MR) is 80.3 cm³/mol. The van der Waals surface area contributed by atoms with Crippen LogP contribution in [-0.4, -0.2) is 41.7 Å². The molecule has 0 heterocycles. The van der Waals surface area contributed by atoms with E-state index >= 15 is 0 Å². The monoisotopic (exact) mass is 279 g/mol. The summed E-state index contributed by atoms with van der Waals surface area (Å²) in [6.45, 7) is 8.47. The van der Waals surface area contributed by atoms with Crippen LogP contribution in [0.15, 0.2) is 24.3 Å². The molecule has 1 aromatic rings. The van der Waals surface area contributed by atoms with Gasteiger partial charge in [0, 0.05) is 6.04 Å². The molecule has 0 aromatic heterocycles. The number of carboxylic acid groups (broad SMARTS) is 1. The van der Waals surface area contributed by atoms with Gasteiger partial charge in [0.05, 0.1) is 13.0 Å². The largest absolute Gasteiger partial charge is 0.494 e. The molecule has 112 valence electrons. The van der Waals surface area contributed by atoms with Crippen molar-refractivity contribution in [2.24, 2.45) is 0 Å². The van der Waals surface area contributed by atoms with Crippen molar-refractivity contribution in [1.29, 1.82) is 0 Å². The molecule has 0 spiro atoms. The fraction of sp³-hybridized carbons (Fsp3) is 0.562. The average Bonchev–Trinajstić information content (AvgIpc) is 2.42. The molecule has 0 amide bonds. The van der Waals surface area contributed by atoms with Crippen molar-refractivity contribution in [1.82, 2.24) is 4.90 Å². The zero-order valence-electron chi connectivity index (χ0n) is 12.6. The summed E-state index contributed by atoms with van der Waals surface area (Å²) in [5.74, 6) is 0.113. The number of likely N-dealkylation sites (N-methyl/N-ethyl adjacent to an activating group) is 1. The maximum atomic E-state index is 11.0. The summed E-state index contributed by atoms with van der Waals surface area (Å²) in [5.41, 5.74) is 1.15. The topological polar surface area (TPSA) is 49.8 Å². The van der Waals surface area contributed by atoms with Gasteiger partial charge in [0.1, 0.15) is 5.75 Å². The Morgan fingerprint density at radius 1 is 1.20 bits per heavy atom. The highest BCUT2D eigenvalue weighted by Crippen LogP contribution is 2.16. The zero-order valence-corrected chi connectivity index (χ0v) is 12.6. The van der Waals surface area contributed by atoms with Crippen molar-refractivity contribution in [2.75, 3.05) is 19.7 Å². The highest BCUT2D eigenvalue weighted by Gasteiger charge is 2.19. The number of benzene rings is 1. The van der Waals surface area contributed by atoms with Crippen molar-refractivity contribution >= 4 is 5.97 Å². The first-order chi connectivity index (χ1) is 9.60. The molecule has 1 unspecified atom stereocenters. The van der Waals surface area contributed by atoms with Crippen molar-refractivity contribution in [2.45, 2.75) is 39.7 Å². The maximum Gasteiger partial charge on any atom is 0.304 e. The van der Waals surface area contributed by atoms with Gasteiger partial charge in [-0.25, -0.2) is 0 Å². The van der Waals surface area contributed by atoms with Gasteiger partial charge < -0.3 is 14.7 Å². The molecule has 0 aliphatic carbocycles. The summed E-state index contributed by atoms with van der Waals surface area (Å²) in [6, 6.07) is 7.96. The average molecular weight is 279 g/mol. The summed E-state index contributed by atoms with van der Waals surface area (Å²) in [6.07, 6.45) is 0.926. The lowest BCUT2D eigenvalue weighted by atomic mass is 10.0. The SMILES string of the molecule is CCOc1ccc(CC(CC(=O)O)N(CC)CC)cc1. The molecule has 4 nitrogen and oxygen atoms in total. The molecule has 0 aliphatic rings. The molecule has 1 aromatic carbocycles. The van der Waals surface area contributed by atoms with Crippen molar-refractivity contribution in [3.63, 3.8) is 0 Å². The Balaban J connectivity index is 2.74. The smallest absolute Gasteiger partial charge is 0.304 e. The molecular weight excluding hydrogens is 254 g/mol. The number of ether oxygens (including phenoxy) is 1. The van der Waals surface area contributed by atoms with Gasteiger partial charge in [-0.15, -0.1) is 0 Å². The van der Waals surface area contributed by atoms with E-state index in [0.29, 0.717) is 6.61 Å². The third kappa shape index (κ3) is 5.21. The van der Waals surface area contributed by atoms with Crippen LogP contribution in [0.1, 0.15) is 32.8 Å². The van der Waals surface area contributed by atoms with E-state index in [2.05, 4.69) is 18.7 Å². The zero-order chi connectivity index (χ0) is 15.0. The van der Waals surface area contributed by atoms with Gasteiger partial charge in [0.25, 0.3) is 0 Å². The third-order valence-corrected chi connectivity index (χ3v) is 3.44. The van der Waals surface area contributed by atoms with E-state index in [1.807, 2.05) is 31.2 Å². The fourth-order valence-electron chi connectivity index (χ4n) is 2.43. The second kappa shape index (κ2) is 8.59. The highest BCUT2D eigenvalue weighted by atomic mass is 16.5. The molecule has 20 heavy (non-hydrogen) atoms. The van der Waals surface area contributed by atoms with E-state index < -0.39 is 5.97 Å². The van der Waals surface area contributed by atoms with E-state index in [4.69, 9.17) is 9.84 Å². The van der Waals surface area contributed by atoms with Crippen LogP contribution in [0.2, 0.25) is 0 Å². The molecule has 0 radical (unpaired) electrons. The summed E-state index contributed by atoms with van der Waals surface area (Å²) in [4.78, 5) is 13.2. The van der Waals surface area contributed by atoms with Crippen LogP contribution in [0, 0.1) is 0 Å². The third-order valence-electron chi connectivity index (χ3n) is 3.44. The lowest BCUT2D eigenvalue weighted by Crippen LogP contribution is -2.38. The Bertz CT molecular complexity index is 399. The van der Waals surface area contributed by atoms with Crippen molar-refractivity contribution in [3.05, 3.63) is 29.8 Å². The molecule has 1 N–H and O–H groups in total. The first-order valence-electron chi connectivity index (χ1n) is 7.28. The molecule has 1 rings (SSSR count). The van der Waals surface area contributed by atoms with Gasteiger partial charge in [0.15, 0.2) is 0 Å². The number of carbonyl (C=O) groups is 1. The highest BCUT2D eigenvalue weighted by molar-refractivity contribution is 5.67. The number of hydrogen-bond acceptors (Lipinski definition) is 3. The van der Waals surface area contributed by atoms with Crippen molar-refractivity contribution < 1.29 is 14.6 Å². The minimum absolute atomic E-state index is 0.0421. The van der Waals surface area contributed by atoms with E-state index in [1.165, 1.54) is 0 Å². The minimum Gasteiger partial charge on any atom is -0.494 e. The second-order valence-corrected chi connectivity index (χ2v) is 4.75. The predicted octanol–water partition coefficient (Wildman–Crippen LogP) is 2.81. The van der Waals surface area contributed by atoms with E-state index in [-0.39, 0.29) is 12.5 Å². The van der Waals surface area contributed by atoms with Crippen LogP contribution >= 0.6 is 0 Å². The standard InChI is InChI=1S/C16H25NO3/c1-4-17(5-2)14(12-16(18)19)11-13-7-9-15(10-8-13)20-6-3/h7-10,14H,4-6,11-12H2,1-3H3,(H,18,19). The second-order valence-electron chi connectivity index (χ2n) is 4.75. The Kier molecular flexibility index (Phi) is 7.09. The Morgan fingerprint density at radius 2 is 1.80 bits per heavy atom. The van der Waals surface area contributed by atoms with E-state index in [9.17, 15) is 4.79 Å². The van der Waals surface area contributed by atoms with Crippen LogP contribution in [0.3, 0.4) is 0 Å². The van der Waals surface area contributed by atoms with Gasteiger partial charge >= 0.3 is 5.97 Å². The fourth-order valence-corrected chi connectivity index (χ4v) is 2.43. The van der Waals surface area contributed by atoms with Gasteiger partial charge in [0.2, 0.25) is 0 Å². The van der Waals surface area contributed by atoms with E-state index in [1.54, 1.807) is 0 Å². The van der Waals surface area contributed by atoms with Crippen LogP contribution < -0.4 is 4.74 Å². The molecule has 4 heteroatoms. The molecule has 0 saturated heterocycles. The van der Waals surface area contributed by atoms with E-state index in [0.717, 1.165) is 30.8 Å². The molecule has 0 aliphatic heterocycles. The Morgan fingerprint density at radius 3 is 2.25 bits per heavy atom. The number of nitrogens with zero attached hydrogens (tertiary/aromatic N) is 1. The molecule has 0 saturated carbocycles. The summed E-state index contributed by atoms with van der Waals surface area (Å²) in [7, 11) is 0. The first kappa shape index (κ1) is 16.5. The van der Waals surface area contributed by atoms with Crippen LogP contribution in [0.25, 0.3) is 0 Å². The molecule has 0 bridgehead atoms. The number of rotatable bonds is 9. The van der Waals surface area contributed by atoms with Crippen LogP contribution in [0.4, 0.5) is 0 Å². The van der Waals surface area contributed by atoms with Crippen LogP contribution in [0.5, 0.6) is 5.75 Å². The Labute approximate surface area is 121 Å². The lowest BCUT2D eigenvalue weighted by molar-refractivity contribution is -0.138. The minimum atomic E-state index is -0.743. The molecule has 0 fully saturated rings. The number of aliphatic carboxylic acids is 1. The maximum absolute atomic E-state index is 11.0. The summed E-state index contributed by atoms with van der Waals surface area (Å²) in [5, 5.41) is 9.07. The number of carboxylic acids is 1. The van der Waals surface area contributed by atoms with Gasteiger partial charge in [-0.2, -0.15) is 0 Å². The number of hydrogen-bond donors (Lipinski definition) is 1. The van der Waals surface area contributed by atoms with Crippen LogP contribution in [-0.2, 0) is 11.2 Å².